The van der Waals surface area contributed by atoms with Crippen molar-refractivity contribution in [1.29, 1.82) is 0 Å². The highest BCUT2D eigenvalue weighted by molar-refractivity contribution is 6.04. The van der Waals surface area contributed by atoms with Gasteiger partial charge in [-0.05, 0) is 49.2 Å². The van der Waals surface area contributed by atoms with E-state index in [0.29, 0.717) is 79.0 Å². The van der Waals surface area contributed by atoms with Crippen LogP contribution in [0.2, 0.25) is 0 Å². The monoisotopic (exact) mass is 620 g/mol. The van der Waals surface area contributed by atoms with Gasteiger partial charge in [-0.15, -0.1) is 0 Å². The number of alkyl halides is 3. The van der Waals surface area contributed by atoms with Crippen molar-refractivity contribution in [3.05, 3.63) is 83.7 Å². The summed E-state index contributed by atoms with van der Waals surface area (Å²) in [4.78, 5) is 52.8. The minimum absolute atomic E-state index is 0.103. The van der Waals surface area contributed by atoms with Gasteiger partial charge in [0, 0.05) is 67.1 Å². The molecule has 45 heavy (non-hydrogen) atoms. The van der Waals surface area contributed by atoms with Gasteiger partial charge in [-0.3, -0.25) is 14.4 Å². The van der Waals surface area contributed by atoms with Gasteiger partial charge in [0.2, 0.25) is 17.8 Å². The van der Waals surface area contributed by atoms with Crippen molar-refractivity contribution in [2.45, 2.75) is 31.6 Å². The molecule has 6 rings (SSSR count). The zero-order valence-corrected chi connectivity index (χ0v) is 24.2. The standard InChI is InChI=1S/C31H31F3N8O3/c1-19-8-9-25(28(44)37-19)42-18-23-22(29(42)45)6-3-7-24(23)38-27(43)17-36-26-10-11-35-30(39-26)41-14-12-40(13-15-41)21-5-2-4-20(16-21)31(32,33)34/h2-7,10-11,16,25H,1,8-9,12-15,17-18H2,(H,37,44)(H,38,43)(H,35,36,39). The highest BCUT2D eigenvalue weighted by Gasteiger charge is 2.39. The lowest BCUT2D eigenvalue weighted by Gasteiger charge is -2.36. The molecule has 3 aromatic rings. The Bertz CT molecular complexity index is 1650. The van der Waals surface area contributed by atoms with Crippen LogP contribution in [-0.2, 0) is 22.3 Å². The van der Waals surface area contributed by atoms with Gasteiger partial charge < -0.3 is 30.7 Å². The second-order valence-electron chi connectivity index (χ2n) is 11.1. The third-order valence-electron chi connectivity index (χ3n) is 8.14. The Hall–Kier alpha value is -5.14. The Kier molecular flexibility index (Phi) is 8.04. The minimum atomic E-state index is -4.40. The highest BCUT2D eigenvalue weighted by Crippen LogP contribution is 2.34. The van der Waals surface area contributed by atoms with Gasteiger partial charge in [0.1, 0.15) is 11.9 Å². The van der Waals surface area contributed by atoms with Crippen LogP contribution in [0.1, 0.15) is 34.3 Å². The smallest absolute Gasteiger partial charge is 0.368 e. The molecule has 0 aliphatic carbocycles. The number of aromatic nitrogens is 2. The highest BCUT2D eigenvalue weighted by atomic mass is 19.4. The molecule has 0 radical (unpaired) electrons. The lowest BCUT2D eigenvalue weighted by Crippen LogP contribution is -2.49. The summed E-state index contributed by atoms with van der Waals surface area (Å²) in [5.74, 6) is 0.00912. The molecule has 1 unspecified atom stereocenters. The fraction of sp³-hybridized carbons (Fsp3) is 0.323. The van der Waals surface area contributed by atoms with Gasteiger partial charge >= 0.3 is 6.18 Å². The van der Waals surface area contributed by atoms with E-state index in [2.05, 4.69) is 32.5 Å². The summed E-state index contributed by atoms with van der Waals surface area (Å²) in [6.45, 7) is 5.89. The van der Waals surface area contributed by atoms with E-state index in [1.54, 1.807) is 36.5 Å². The third-order valence-corrected chi connectivity index (χ3v) is 8.14. The number of allylic oxidation sites excluding steroid dienone is 1. The Labute approximate surface area is 257 Å². The van der Waals surface area contributed by atoms with Crippen LogP contribution >= 0.6 is 0 Å². The third kappa shape index (κ3) is 6.40. The predicted octanol–water partition coefficient (Wildman–Crippen LogP) is 3.62. The van der Waals surface area contributed by atoms with Crippen LogP contribution in [0.3, 0.4) is 0 Å². The van der Waals surface area contributed by atoms with Crippen molar-refractivity contribution in [1.82, 2.24) is 20.2 Å². The van der Waals surface area contributed by atoms with Crippen molar-refractivity contribution in [2.75, 3.05) is 53.2 Å². The van der Waals surface area contributed by atoms with E-state index in [9.17, 15) is 27.6 Å². The van der Waals surface area contributed by atoms with Crippen molar-refractivity contribution in [3.8, 4) is 0 Å². The van der Waals surface area contributed by atoms with Gasteiger partial charge in [0.05, 0.1) is 12.1 Å². The number of carbonyl (C=O) groups excluding carboxylic acids is 3. The number of hydrogen-bond donors (Lipinski definition) is 3. The molecule has 3 amide bonds. The number of nitrogens with one attached hydrogen (secondary N) is 3. The van der Waals surface area contributed by atoms with E-state index in [-0.39, 0.29) is 30.8 Å². The van der Waals surface area contributed by atoms with Gasteiger partial charge in [-0.25, -0.2) is 4.98 Å². The Morgan fingerprint density at radius 2 is 1.80 bits per heavy atom. The van der Waals surface area contributed by atoms with E-state index in [0.717, 1.165) is 12.1 Å². The predicted molar refractivity (Wildman–Crippen MR) is 162 cm³/mol. The Morgan fingerprint density at radius 1 is 1.04 bits per heavy atom. The van der Waals surface area contributed by atoms with E-state index in [1.165, 1.54) is 11.0 Å². The molecule has 0 saturated carbocycles. The largest absolute Gasteiger partial charge is 0.416 e. The number of rotatable bonds is 7. The summed E-state index contributed by atoms with van der Waals surface area (Å²) < 4.78 is 39.4. The number of hydrogen-bond acceptors (Lipinski definition) is 8. The fourth-order valence-corrected chi connectivity index (χ4v) is 5.79. The number of halogens is 3. The average Bonchev–Trinajstić information content (AvgIpc) is 3.36. The topological polar surface area (TPSA) is 123 Å². The van der Waals surface area contributed by atoms with Crippen molar-refractivity contribution in [3.63, 3.8) is 0 Å². The number of fused-ring (bicyclic) bond motifs is 1. The van der Waals surface area contributed by atoms with E-state index < -0.39 is 17.8 Å². The molecule has 14 heteroatoms. The zero-order chi connectivity index (χ0) is 31.7. The van der Waals surface area contributed by atoms with Gasteiger partial charge in [0.15, 0.2) is 0 Å². The van der Waals surface area contributed by atoms with Crippen LogP contribution in [0.5, 0.6) is 0 Å². The first kappa shape index (κ1) is 29.9. The van der Waals surface area contributed by atoms with Gasteiger partial charge in [-0.2, -0.15) is 18.2 Å². The van der Waals surface area contributed by atoms with Crippen molar-refractivity contribution >= 4 is 40.9 Å². The van der Waals surface area contributed by atoms with Crippen LogP contribution in [0.25, 0.3) is 0 Å². The molecule has 2 aromatic carbocycles. The van der Waals surface area contributed by atoms with Crippen molar-refractivity contribution in [2.24, 2.45) is 0 Å². The van der Waals surface area contributed by atoms with Gasteiger partial charge in [0.25, 0.3) is 5.91 Å². The SMILES string of the molecule is C=C1CCC(N2Cc3c(NC(=O)CNc4ccnc(N5CCN(c6cccc(C(F)(F)F)c6)CC5)n4)cccc3C2=O)C(=O)N1. The molecule has 0 bridgehead atoms. The maximum absolute atomic E-state index is 13.1. The lowest BCUT2D eigenvalue weighted by atomic mass is 10.0. The van der Waals surface area contributed by atoms with Crippen LogP contribution < -0.4 is 25.8 Å². The summed E-state index contributed by atoms with van der Waals surface area (Å²) in [6, 6.07) is 11.4. The molecule has 1 aromatic heterocycles. The molecule has 1 atom stereocenters. The number of benzene rings is 2. The summed E-state index contributed by atoms with van der Waals surface area (Å²) in [6.07, 6.45) is -1.75. The molecule has 11 nitrogen and oxygen atoms in total. The quantitative estimate of drug-likeness (QED) is 0.366. The fourth-order valence-electron chi connectivity index (χ4n) is 5.79. The molecule has 3 aliphatic heterocycles. The molecule has 2 saturated heterocycles. The number of piperazine rings is 1. The van der Waals surface area contributed by atoms with E-state index >= 15 is 0 Å². The number of carbonyl (C=O) groups is 3. The first-order valence-corrected chi connectivity index (χ1v) is 14.5. The lowest BCUT2D eigenvalue weighted by molar-refractivity contribution is -0.137. The van der Waals surface area contributed by atoms with Crippen molar-refractivity contribution < 1.29 is 27.6 Å². The van der Waals surface area contributed by atoms with E-state index in [1.807, 2.05) is 9.80 Å². The zero-order valence-electron chi connectivity index (χ0n) is 24.2. The summed E-state index contributed by atoms with van der Waals surface area (Å²) in [7, 11) is 0. The summed E-state index contributed by atoms with van der Waals surface area (Å²) in [5, 5.41) is 8.58. The van der Waals surface area contributed by atoms with Crippen LogP contribution in [-0.4, -0.2) is 71.4 Å². The molecular weight excluding hydrogens is 589 g/mol. The Balaban J connectivity index is 1.04. The summed E-state index contributed by atoms with van der Waals surface area (Å²) >= 11 is 0. The summed E-state index contributed by atoms with van der Waals surface area (Å²) in [5.41, 5.74) is 2.07. The van der Waals surface area contributed by atoms with Crippen LogP contribution in [0.4, 0.5) is 36.3 Å². The average molecular weight is 621 g/mol. The first-order valence-electron chi connectivity index (χ1n) is 14.5. The van der Waals surface area contributed by atoms with Crippen LogP contribution in [0, 0.1) is 0 Å². The van der Waals surface area contributed by atoms with E-state index in [4.69, 9.17) is 0 Å². The Morgan fingerprint density at radius 3 is 2.56 bits per heavy atom. The second kappa shape index (κ2) is 12.1. The molecule has 3 N–H and O–H groups in total. The molecule has 3 aliphatic rings. The minimum Gasteiger partial charge on any atom is -0.368 e. The second-order valence-corrected chi connectivity index (χ2v) is 11.1. The molecule has 234 valence electrons. The molecule has 2 fully saturated rings. The number of piperidine rings is 1. The number of amides is 3. The maximum Gasteiger partial charge on any atom is 0.416 e. The molecule has 0 spiro atoms. The van der Waals surface area contributed by atoms with Crippen LogP contribution in [0.15, 0.2) is 67.0 Å². The number of nitrogens with zero attached hydrogens (tertiary/aromatic N) is 5. The molecule has 4 heterocycles. The number of anilines is 4. The normalized spacial score (nSPS) is 18.5. The molecular formula is C31H31F3N8O3. The maximum atomic E-state index is 13.1. The van der Waals surface area contributed by atoms with Gasteiger partial charge in [-0.1, -0.05) is 18.7 Å². The first-order chi connectivity index (χ1) is 21.6.